The number of rotatable bonds is 5. The van der Waals surface area contributed by atoms with Crippen molar-refractivity contribution < 1.29 is 12.8 Å². The first kappa shape index (κ1) is 14.4. The molecule has 0 radical (unpaired) electrons. The summed E-state index contributed by atoms with van der Waals surface area (Å²) in [6, 6.07) is 3.81. The van der Waals surface area contributed by atoms with E-state index in [9.17, 15) is 12.8 Å². The van der Waals surface area contributed by atoms with Crippen LogP contribution in [0.25, 0.3) is 0 Å². The monoisotopic (exact) mass is 286 g/mol. The van der Waals surface area contributed by atoms with Crippen LogP contribution in [0.5, 0.6) is 0 Å². The molecule has 0 aromatic heterocycles. The summed E-state index contributed by atoms with van der Waals surface area (Å²) in [5, 5.41) is 3.29. The van der Waals surface area contributed by atoms with Crippen LogP contribution in [0, 0.1) is 5.82 Å². The Hall–Kier alpha value is -0.980. The van der Waals surface area contributed by atoms with Gasteiger partial charge >= 0.3 is 0 Å². The van der Waals surface area contributed by atoms with E-state index in [4.69, 9.17) is 5.73 Å². The molecule has 1 aliphatic heterocycles. The van der Waals surface area contributed by atoms with Gasteiger partial charge in [-0.25, -0.2) is 12.8 Å². The van der Waals surface area contributed by atoms with Gasteiger partial charge in [0.1, 0.15) is 5.82 Å². The van der Waals surface area contributed by atoms with Gasteiger partial charge in [-0.1, -0.05) is 0 Å². The molecule has 1 aromatic rings. The molecule has 106 valence electrons. The van der Waals surface area contributed by atoms with E-state index < -0.39 is 15.7 Å². The fourth-order valence-electron chi connectivity index (χ4n) is 2.37. The Morgan fingerprint density at radius 2 is 2.16 bits per heavy atom. The van der Waals surface area contributed by atoms with Gasteiger partial charge in [-0.15, -0.1) is 0 Å². The van der Waals surface area contributed by atoms with Crippen LogP contribution in [0.2, 0.25) is 0 Å². The summed E-state index contributed by atoms with van der Waals surface area (Å²) in [7, 11) is -3.25. The lowest BCUT2D eigenvalue weighted by molar-refractivity contribution is 0.479. The molecule has 0 saturated carbocycles. The van der Waals surface area contributed by atoms with Crippen molar-refractivity contribution in [1.82, 2.24) is 5.32 Å². The molecule has 6 heteroatoms. The number of benzene rings is 1. The Bertz CT molecular complexity index is 546. The van der Waals surface area contributed by atoms with E-state index in [0.717, 1.165) is 19.4 Å². The smallest absolute Gasteiger partial charge is 0.178 e. The highest BCUT2D eigenvalue weighted by molar-refractivity contribution is 7.91. The summed E-state index contributed by atoms with van der Waals surface area (Å²) >= 11 is 0. The first-order valence-electron chi connectivity index (χ1n) is 6.50. The first-order chi connectivity index (χ1) is 9.04. The lowest BCUT2D eigenvalue weighted by Gasteiger charge is -2.26. The van der Waals surface area contributed by atoms with Crippen molar-refractivity contribution in [1.29, 1.82) is 0 Å². The highest BCUT2D eigenvalue weighted by atomic mass is 32.2. The number of hydrogen-bond acceptors (Lipinski definition) is 4. The van der Waals surface area contributed by atoms with Crippen LogP contribution in [0.3, 0.4) is 0 Å². The van der Waals surface area contributed by atoms with E-state index in [1.165, 1.54) is 18.2 Å². The zero-order valence-electron chi connectivity index (χ0n) is 10.7. The Morgan fingerprint density at radius 3 is 2.89 bits per heavy atom. The molecule has 1 unspecified atom stereocenters. The third-order valence-electron chi connectivity index (χ3n) is 3.38. The van der Waals surface area contributed by atoms with Crippen molar-refractivity contribution in [3.05, 3.63) is 29.6 Å². The average molecular weight is 286 g/mol. The van der Waals surface area contributed by atoms with Crippen molar-refractivity contribution in [3.63, 3.8) is 0 Å². The number of nitrogens with one attached hydrogen (secondary N) is 1. The molecular formula is C13H19FN2O2S. The zero-order valence-corrected chi connectivity index (χ0v) is 11.5. The third kappa shape index (κ3) is 3.32. The first-order valence-corrected chi connectivity index (χ1v) is 8.15. The van der Waals surface area contributed by atoms with Gasteiger partial charge in [0, 0.05) is 6.04 Å². The normalized spacial score (nSPS) is 21.1. The molecule has 0 amide bonds. The second kappa shape index (κ2) is 5.98. The van der Waals surface area contributed by atoms with Gasteiger partial charge in [-0.2, -0.15) is 0 Å². The third-order valence-corrected chi connectivity index (χ3v) is 5.19. The number of sulfone groups is 1. The fourth-order valence-corrected chi connectivity index (χ4v) is 3.97. The van der Waals surface area contributed by atoms with E-state index in [0.29, 0.717) is 18.5 Å². The summed E-state index contributed by atoms with van der Waals surface area (Å²) in [6.07, 6.45) is 2.35. The zero-order chi connectivity index (χ0) is 13.9. The Labute approximate surface area is 113 Å². The van der Waals surface area contributed by atoms with E-state index in [1.54, 1.807) is 0 Å². The maximum atomic E-state index is 13.3. The molecule has 1 atom stereocenters. The molecule has 4 nitrogen and oxygen atoms in total. The predicted molar refractivity (Wildman–Crippen MR) is 72.1 cm³/mol. The van der Waals surface area contributed by atoms with E-state index in [-0.39, 0.29) is 16.7 Å². The van der Waals surface area contributed by atoms with Crippen molar-refractivity contribution in [3.8, 4) is 0 Å². The largest absolute Gasteiger partial charge is 0.330 e. The Kier molecular flexibility index (Phi) is 4.54. The summed E-state index contributed by atoms with van der Waals surface area (Å²) in [5.74, 6) is -0.287. The van der Waals surface area contributed by atoms with Gasteiger partial charge in [-0.3, -0.25) is 0 Å². The summed E-state index contributed by atoms with van der Waals surface area (Å²) in [5.41, 5.74) is 5.98. The van der Waals surface area contributed by atoms with Crippen LogP contribution >= 0.6 is 0 Å². The van der Waals surface area contributed by atoms with Crippen LogP contribution in [0.1, 0.15) is 30.9 Å². The molecule has 0 saturated heterocycles. The Morgan fingerprint density at radius 1 is 1.37 bits per heavy atom. The topological polar surface area (TPSA) is 72.2 Å². The number of unbranched alkanes of at least 4 members (excludes halogenated alkanes) is 1. The van der Waals surface area contributed by atoms with Crippen LogP contribution in [-0.4, -0.2) is 27.3 Å². The number of halogens is 1. The second-order valence-electron chi connectivity index (χ2n) is 4.79. The van der Waals surface area contributed by atoms with Crippen LogP contribution < -0.4 is 11.1 Å². The Balaban J connectivity index is 2.18. The number of fused-ring (bicyclic) bond motifs is 1. The van der Waals surface area contributed by atoms with Gasteiger partial charge < -0.3 is 11.1 Å². The van der Waals surface area contributed by atoms with Gasteiger partial charge in [0.05, 0.1) is 10.6 Å². The second-order valence-corrected chi connectivity index (χ2v) is 6.87. The maximum absolute atomic E-state index is 13.3. The van der Waals surface area contributed by atoms with Crippen LogP contribution in [-0.2, 0) is 9.84 Å². The molecule has 1 heterocycles. The summed E-state index contributed by atoms with van der Waals surface area (Å²) in [6.45, 7) is 1.41. The van der Waals surface area contributed by atoms with Gasteiger partial charge in [0.25, 0.3) is 0 Å². The molecule has 0 spiro atoms. The SMILES string of the molecule is NCCCCNC1CCS(=O)(=O)c2ccc(F)cc21. The van der Waals surface area contributed by atoms with Crippen molar-refractivity contribution in [2.24, 2.45) is 5.73 Å². The maximum Gasteiger partial charge on any atom is 0.178 e. The summed E-state index contributed by atoms with van der Waals surface area (Å²) < 4.78 is 37.2. The number of hydrogen-bond donors (Lipinski definition) is 2. The molecule has 2 rings (SSSR count). The molecule has 0 fully saturated rings. The molecule has 19 heavy (non-hydrogen) atoms. The standard InChI is InChI=1S/C13H19FN2O2S/c14-10-3-4-13-11(9-10)12(5-8-19(13,17)18)16-7-2-1-6-15/h3-4,9,12,16H,1-2,5-8,15H2. The van der Waals surface area contributed by atoms with Crippen LogP contribution in [0.15, 0.2) is 23.1 Å². The highest BCUT2D eigenvalue weighted by Crippen LogP contribution is 2.32. The fraction of sp³-hybridized carbons (Fsp3) is 0.538. The van der Waals surface area contributed by atoms with Crippen LogP contribution in [0.4, 0.5) is 4.39 Å². The summed E-state index contributed by atoms with van der Waals surface area (Å²) in [4.78, 5) is 0.261. The molecule has 1 aromatic carbocycles. The van der Waals surface area contributed by atoms with E-state index in [2.05, 4.69) is 5.32 Å². The highest BCUT2D eigenvalue weighted by Gasteiger charge is 2.30. The minimum atomic E-state index is -3.25. The lowest BCUT2D eigenvalue weighted by Crippen LogP contribution is -2.30. The molecule has 3 N–H and O–H groups in total. The average Bonchev–Trinajstić information content (AvgIpc) is 2.36. The minimum absolute atomic E-state index is 0.0907. The predicted octanol–water partition coefficient (Wildman–Crippen LogP) is 1.37. The number of nitrogens with two attached hydrogens (primary N) is 1. The van der Waals surface area contributed by atoms with E-state index >= 15 is 0 Å². The van der Waals surface area contributed by atoms with Crippen molar-refractivity contribution in [2.45, 2.75) is 30.2 Å². The molecule has 0 bridgehead atoms. The van der Waals surface area contributed by atoms with Gasteiger partial charge in [0.2, 0.25) is 0 Å². The molecular weight excluding hydrogens is 267 g/mol. The molecule has 0 aliphatic carbocycles. The lowest BCUT2D eigenvalue weighted by atomic mass is 10.0. The van der Waals surface area contributed by atoms with Gasteiger partial charge in [0.15, 0.2) is 9.84 Å². The van der Waals surface area contributed by atoms with Crippen molar-refractivity contribution >= 4 is 9.84 Å². The van der Waals surface area contributed by atoms with E-state index in [1.807, 2.05) is 0 Å². The van der Waals surface area contributed by atoms with Crippen molar-refractivity contribution in [2.75, 3.05) is 18.8 Å². The molecule has 1 aliphatic rings. The quantitative estimate of drug-likeness (QED) is 0.633. The van der Waals surface area contributed by atoms with Gasteiger partial charge in [-0.05, 0) is 56.1 Å². The minimum Gasteiger partial charge on any atom is -0.330 e.